The minimum atomic E-state index is -0.955. The second kappa shape index (κ2) is 6.34. The van der Waals surface area contributed by atoms with Gasteiger partial charge < -0.3 is 15.7 Å². The maximum atomic E-state index is 11.8. The fraction of sp³-hybridized carbons (Fsp3) is 0.727. The van der Waals surface area contributed by atoms with Crippen molar-refractivity contribution in [2.45, 2.75) is 45.2 Å². The van der Waals surface area contributed by atoms with Crippen LogP contribution >= 0.6 is 0 Å². The van der Waals surface area contributed by atoms with Gasteiger partial charge in [0.25, 0.3) is 0 Å². The van der Waals surface area contributed by atoms with E-state index in [4.69, 9.17) is 5.11 Å². The highest BCUT2D eigenvalue weighted by Gasteiger charge is 2.28. The van der Waals surface area contributed by atoms with Crippen LogP contribution in [0.25, 0.3) is 0 Å². The average Bonchev–Trinajstić information content (AvgIpc) is 2.16. The lowest BCUT2D eigenvalue weighted by Gasteiger charge is -2.26. The Morgan fingerprint density at radius 1 is 1.29 bits per heavy atom. The van der Waals surface area contributed by atoms with Gasteiger partial charge in [-0.15, -0.1) is 0 Å². The Morgan fingerprint density at radius 3 is 2.18 bits per heavy atom. The standard InChI is InChI=1S/C11H20N2O4/c1-7(14)11(2,3)13-10(17)8(12-4)5-6-9(15)16/h8,12H,5-6H2,1-4H3,(H,13,17)(H,15,16)/t8-/m1/s1. The molecule has 0 saturated heterocycles. The van der Waals surface area contributed by atoms with E-state index in [0.29, 0.717) is 0 Å². The third-order valence-corrected chi connectivity index (χ3v) is 2.63. The second-order valence-electron chi connectivity index (χ2n) is 4.44. The number of ketones is 1. The summed E-state index contributed by atoms with van der Waals surface area (Å²) in [6, 6.07) is -0.607. The molecule has 0 spiro atoms. The molecule has 0 aliphatic carbocycles. The fourth-order valence-electron chi connectivity index (χ4n) is 1.16. The predicted octanol–water partition coefficient (Wildman–Crippen LogP) is -0.0770. The van der Waals surface area contributed by atoms with Crippen molar-refractivity contribution in [3.63, 3.8) is 0 Å². The van der Waals surface area contributed by atoms with Crippen LogP contribution in [0.5, 0.6) is 0 Å². The molecule has 0 aromatic rings. The van der Waals surface area contributed by atoms with Crippen LogP contribution in [0, 0.1) is 0 Å². The molecule has 1 amide bonds. The molecule has 0 saturated carbocycles. The summed E-state index contributed by atoms with van der Waals surface area (Å²) in [5.41, 5.74) is -0.935. The predicted molar refractivity (Wildman–Crippen MR) is 62.6 cm³/mol. The van der Waals surface area contributed by atoms with E-state index >= 15 is 0 Å². The molecule has 0 rings (SSSR count). The number of nitrogens with one attached hydrogen (secondary N) is 2. The number of Topliss-reactive ketones (excluding diaryl/α,β-unsaturated/α-hetero) is 1. The van der Waals surface area contributed by atoms with Crippen LogP contribution in [0.3, 0.4) is 0 Å². The molecule has 6 heteroatoms. The van der Waals surface area contributed by atoms with Gasteiger partial charge in [0.15, 0.2) is 5.78 Å². The van der Waals surface area contributed by atoms with Crippen molar-refractivity contribution in [3.8, 4) is 0 Å². The number of hydrogen-bond donors (Lipinski definition) is 3. The SMILES string of the molecule is CN[C@H](CCC(=O)O)C(=O)NC(C)(C)C(C)=O. The van der Waals surface area contributed by atoms with E-state index in [9.17, 15) is 14.4 Å². The Kier molecular flexibility index (Phi) is 5.81. The maximum absolute atomic E-state index is 11.8. The highest BCUT2D eigenvalue weighted by molar-refractivity contribution is 5.92. The monoisotopic (exact) mass is 244 g/mol. The first-order valence-electron chi connectivity index (χ1n) is 5.43. The van der Waals surface area contributed by atoms with Gasteiger partial charge in [-0.25, -0.2) is 0 Å². The number of carboxylic acid groups (broad SMARTS) is 1. The molecule has 0 aromatic carbocycles. The summed E-state index contributed by atoms with van der Waals surface area (Å²) in [5, 5.41) is 13.9. The first kappa shape index (κ1) is 15.6. The highest BCUT2D eigenvalue weighted by atomic mass is 16.4. The molecule has 0 radical (unpaired) electrons. The second-order valence-corrected chi connectivity index (χ2v) is 4.44. The molecule has 0 bridgehead atoms. The van der Waals surface area contributed by atoms with Crippen molar-refractivity contribution < 1.29 is 19.5 Å². The van der Waals surface area contributed by atoms with Crippen LogP contribution in [-0.2, 0) is 14.4 Å². The Labute approximate surface area is 101 Å². The van der Waals surface area contributed by atoms with E-state index in [0.717, 1.165) is 0 Å². The van der Waals surface area contributed by atoms with Crippen molar-refractivity contribution in [2.75, 3.05) is 7.05 Å². The van der Waals surface area contributed by atoms with Crippen LogP contribution in [0.4, 0.5) is 0 Å². The van der Waals surface area contributed by atoms with Gasteiger partial charge in [0.2, 0.25) is 5.91 Å². The molecule has 3 N–H and O–H groups in total. The summed E-state index contributed by atoms with van der Waals surface area (Å²) in [7, 11) is 1.58. The summed E-state index contributed by atoms with van der Waals surface area (Å²) in [4.78, 5) is 33.5. The molecule has 0 aromatic heterocycles. The number of carbonyl (C=O) groups excluding carboxylic acids is 2. The van der Waals surface area contributed by atoms with Crippen molar-refractivity contribution in [1.82, 2.24) is 10.6 Å². The molecule has 17 heavy (non-hydrogen) atoms. The molecule has 6 nitrogen and oxygen atoms in total. The smallest absolute Gasteiger partial charge is 0.303 e. The molecule has 98 valence electrons. The Balaban J connectivity index is 4.45. The van der Waals surface area contributed by atoms with Crippen molar-refractivity contribution in [1.29, 1.82) is 0 Å². The van der Waals surface area contributed by atoms with Crippen molar-refractivity contribution in [2.24, 2.45) is 0 Å². The first-order chi connectivity index (χ1) is 7.70. The largest absolute Gasteiger partial charge is 0.481 e. The molecule has 1 atom stereocenters. The number of carbonyl (C=O) groups is 3. The topological polar surface area (TPSA) is 95.5 Å². The van der Waals surface area contributed by atoms with E-state index < -0.39 is 17.6 Å². The minimum Gasteiger partial charge on any atom is -0.481 e. The van der Waals surface area contributed by atoms with E-state index in [1.165, 1.54) is 6.92 Å². The number of amides is 1. The Hall–Kier alpha value is -1.43. The summed E-state index contributed by atoms with van der Waals surface area (Å²) < 4.78 is 0. The summed E-state index contributed by atoms with van der Waals surface area (Å²) in [6.45, 7) is 4.61. The van der Waals surface area contributed by atoms with Gasteiger partial charge in [-0.1, -0.05) is 0 Å². The quantitative estimate of drug-likeness (QED) is 0.582. The lowest BCUT2D eigenvalue weighted by molar-refractivity contribution is -0.137. The van der Waals surface area contributed by atoms with Crippen LogP contribution in [0.1, 0.15) is 33.6 Å². The molecule has 0 fully saturated rings. The van der Waals surface area contributed by atoms with Gasteiger partial charge >= 0.3 is 5.97 Å². The zero-order valence-corrected chi connectivity index (χ0v) is 10.7. The lowest BCUT2D eigenvalue weighted by Crippen LogP contribution is -2.54. The average molecular weight is 244 g/mol. The third-order valence-electron chi connectivity index (χ3n) is 2.63. The minimum absolute atomic E-state index is 0.0978. The molecule has 0 aliphatic heterocycles. The Bertz CT molecular complexity index is 313. The van der Waals surface area contributed by atoms with Gasteiger partial charge in [0.05, 0.1) is 11.6 Å². The van der Waals surface area contributed by atoms with E-state index in [-0.39, 0.29) is 24.5 Å². The zero-order chi connectivity index (χ0) is 13.6. The number of rotatable bonds is 7. The number of carboxylic acids is 1. The van der Waals surface area contributed by atoms with Gasteiger partial charge in [-0.2, -0.15) is 0 Å². The Morgan fingerprint density at radius 2 is 1.82 bits per heavy atom. The normalized spacial score (nSPS) is 12.9. The van der Waals surface area contributed by atoms with Gasteiger partial charge in [-0.05, 0) is 34.2 Å². The fourth-order valence-corrected chi connectivity index (χ4v) is 1.16. The zero-order valence-electron chi connectivity index (χ0n) is 10.7. The number of aliphatic carboxylic acids is 1. The number of hydrogen-bond acceptors (Lipinski definition) is 4. The molecule has 0 aliphatic rings. The van der Waals surface area contributed by atoms with Crippen molar-refractivity contribution in [3.05, 3.63) is 0 Å². The molecular weight excluding hydrogens is 224 g/mol. The summed E-state index contributed by atoms with van der Waals surface area (Å²) in [6.07, 6.45) is 0.0884. The van der Waals surface area contributed by atoms with Gasteiger partial charge in [-0.3, -0.25) is 14.4 Å². The van der Waals surface area contributed by atoms with Crippen molar-refractivity contribution >= 4 is 17.7 Å². The highest BCUT2D eigenvalue weighted by Crippen LogP contribution is 2.05. The van der Waals surface area contributed by atoms with Crippen LogP contribution in [-0.4, -0.2) is 41.4 Å². The van der Waals surface area contributed by atoms with Gasteiger partial charge in [0, 0.05) is 6.42 Å². The van der Waals surface area contributed by atoms with Gasteiger partial charge in [0.1, 0.15) is 0 Å². The first-order valence-corrected chi connectivity index (χ1v) is 5.43. The maximum Gasteiger partial charge on any atom is 0.303 e. The van der Waals surface area contributed by atoms with E-state index in [1.807, 2.05) is 0 Å². The lowest BCUT2D eigenvalue weighted by atomic mass is 9.99. The molecule has 0 heterocycles. The van der Waals surface area contributed by atoms with E-state index in [1.54, 1.807) is 20.9 Å². The van der Waals surface area contributed by atoms with Crippen LogP contribution < -0.4 is 10.6 Å². The summed E-state index contributed by atoms with van der Waals surface area (Å²) >= 11 is 0. The molecule has 0 unspecified atom stereocenters. The summed E-state index contributed by atoms with van der Waals surface area (Å²) in [5.74, 6) is -1.48. The number of likely N-dealkylation sites (N-methyl/N-ethyl adjacent to an activating group) is 1. The molecular formula is C11H20N2O4. The van der Waals surface area contributed by atoms with Crippen LogP contribution in [0.2, 0.25) is 0 Å². The van der Waals surface area contributed by atoms with E-state index in [2.05, 4.69) is 10.6 Å². The third kappa shape index (κ3) is 5.44. The van der Waals surface area contributed by atoms with Crippen LogP contribution in [0.15, 0.2) is 0 Å².